The van der Waals surface area contributed by atoms with E-state index in [1.165, 1.54) is 29.5 Å². The Balaban J connectivity index is 1.67. The predicted octanol–water partition coefficient (Wildman–Crippen LogP) is 4.73. The molecule has 1 saturated carbocycles. The van der Waals surface area contributed by atoms with Gasteiger partial charge in [-0.2, -0.15) is 0 Å². The molecule has 1 amide bonds. The molecule has 2 aromatic heterocycles. The third-order valence-corrected chi connectivity index (χ3v) is 8.39. The first kappa shape index (κ1) is 25.4. The van der Waals surface area contributed by atoms with Crippen molar-refractivity contribution < 1.29 is 14.3 Å². The third-order valence-electron chi connectivity index (χ3n) is 6.25. The summed E-state index contributed by atoms with van der Waals surface area (Å²) in [5.74, 6) is -0.416. The lowest BCUT2D eigenvalue weighted by atomic mass is 9.95. The fourth-order valence-electron chi connectivity index (χ4n) is 4.43. The quantitative estimate of drug-likeness (QED) is 0.253. The minimum atomic E-state index is -0.351. The monoisotopic (exact) mass is 513 g/mol. The maximum atomic E-state index is 13.7. The molecule has 2 heterocycles. The van der Waals surface area contributed by atoms with Crippen LogP contribution < -0.4 is 10.9 Å². The predicted molar refractivity (Wildman–Crippen MR) is 140 cm³/mol. The second kappa shape index (κ2) is 11.9. The Kier molecular flexibility index (Phi) is 8.62. The van der Waals surface area contributed by atoms with Crippen LogP contribution in [0.4, 0.5) is 0 Å². The van der Waals surface area contributed by atoms with Gasteiger partial charge in [0.2, 0.25) is 0 Å². The number of esters is 1. The van der Waals surface area contributed by atoms with Gasteiger partial charge in [0.05, 0.1) is 22.6 Å². The van der Waals surface area contributed by atoms with Crippen molar-refractivity contribution in [2.75, 3.05) is 12.4 Å². The van der Waals surface area contributed by atoms with Crippen molar-refractivity contribution >= 4 is 45.2 Å². The molecule has 1 N–H and O–H groups in total. The summed E-state index contributed by atoms with van der Waals surface area (Å²) in [6.45, 7) is 4.31. The Morgan fingerprint density at radius 2 is 1.94 bits per heavy atom. The van der Waals surface area contributed by atoms with Crippen LogP contribution in [0.25, 0.3) is 10.2 Å². The van der Waals surface area contributed by atoms with E-state index in [1.807, 2.05) is 37.3 Å². The number of carbonyl (C=O) groups is 2. The number of carbonyl (C=O) groups excluding carboxylic acids is 2. The third kappa shape index (κ3) is 6.13. The van der Waals surface area contributed by atoms with E-state index in [9.17, 15) is 14.4 Å². The summed E-state index contributed by atoms with van der Waals surface area (Å²) in [6, 6.07) is 10.1. The van der Waals surface area contributed by atoms with Crippen molar-refractivity contribution in [2.24, 2.45) is 0 Å². The van der Waals surface area contributed by atoms with Gasteiger partial charge >= 0.3 is 5.97 Å². The summed E-state index contributed by atoms with van der Waals surface area (Å²) in [4.78, 5) is 44.5. The number of hydrogen-bond donors (Lipinski definition) is 1. The first-order valence-corrected chi connectivity index (χ1v) is 13.9. The van der Waals surface area contributed by atoms with E-state index in [-0.39, 0.29) is 29.2 Å². The second-order valence-corrected chi connectivity index (χ2v) is 10.7. The molecule has 1 aliphatic rings. The van der Waals surface area contributed by atoms with Crippen LogP contribution in [0.1, 0.15) is 59.8 Å². The Labute approximate surface area is 213 Å². The molecule has 9 heteroatoms. The molecule has 1 fully saturated rings. The van der Waals surface area contributed by atoms with E-state index in [2.05, 4.69) is 5.32 Å². The summed E-state index contributed by atoms with van der Waals surface area (Å²) in [5, 5.41) is 4.10. The van der Waals surface area contributed by atoms with E-state index in [0.29, 0.717) is 45.4 Å². The average molecular weight is 514 g/mol. The van der Waals surface area contributed by atoms with E-state index in [4.69, 9.17) is 9.72 Å². The Morgan fingerprint density at radius 1 is 1.20 bits per heavy atom. The SMILES string of the molecule is CCOC(=O)CSc1nc2sc(C(=O)NC3CCCCC3)c(C)c2c(=O)n1CCc1ccccc1. The number of nitrogens with zero attached hydrogens (tertiary/aromatic N) is 2. The van der Waals surface area contributed by atoms with Crippen LogP contribution in [0.5, 0.6) is 0 Å². The molecule has 1 aliphatic carbocycles. The van der Waals surface area contributed by atoms with Crippen LogP contribution in [0.2, 0.25) is 0 Å². The van der Waals surface area contributed by atoms with E-state index < -0.39 is 0 Å². The van der Waals surface area contributed by atoms with Crippen molar-refractivity contribution in [1.82, 2.24) is 14.9 Å². The molecule has 0 aliphatic heterocycles. The summed E-state index contributed by atoms with van der Waals surface area (Å²) in [7, 11) is 0. The second-order valence-electron chi connectivity index (χ2n) is 8.73. The lowest BCUT2D eigenvalue weighted by molar-refractivity contribution is -0.139. The normalized spacial score (nSPS) is 14.2. The number of thiophene rings is 1. The highest BCUT2D eigenvalue weighted by Crippen LogP contribution is 2.30. The summed E-state index contributed by atoms with van der Waals surface area (Å²) >= 11 is 2.45. The number of benzene rings is 1. The van der Waals surface area contributed by atoms with Crippen LogP contribution in [0.15, 0.2) is 40.3 Å². The van der Waals surface area contributed by atoms with Gasteiger partial charge in [-0.15, -0.1) is 11.3 Å². The van der Waals surface area contributed by atoms with Gasteiger partial charge in [0.25, 0.3) is 11.5 Å². The smallest absolute Gasteiger partial charge is 0.316 e. The van der Waals surface area contributed by atoms with Crippen LogP contribution >= 0.6 is 23.1 Å². The van der Waals surface area contributed by atoms with Crippen molar-refractivity contribution in [1.29, 1.82) is 0 Å². The first-order chi connectivity index (χ1) is 17.0. The fourth-order valence-corrected chi connectivity index (χ4v) is 6.38. The van der Waals surface area contributed by atoms with Gasteiger partial charge in [0.15, 0.2) is 5.16 Å². The molecule has 0 saturated heterocycles. The number of fused-ring (bicyclic) bond motifs is 1. The zero-order chi connectivity index (χ0) is 24.8. The highest BCUT2D eigenvalue weighted by atomic mass is 32.2. The van der Waals surface area contributed by atoms with Gasteiger partial charge in [-0.25, -0.2) is 4.98 Å². The molecule has 0 bridgehead atoms. The standard InChI is InChI=1S/C26H31N3O4S2/c1-3-33-20(30)16-34-26-28-24-21(25(32)29(26)15-14-18-10-6-4-7-11-18)17(2)22(35-24)23(31)27-19-12-8-5-9-13-19/h4,6-7,10-11,19H,3,5,8-9,12-16H2,1-2H3,(H,27,31). The topological polar surface area (TPSA) is 90.3 Å². The maximum Gasteiger partial charge on any atom is 0.316 e. The zero-order valence-electron chi connectivity index (χ0n) is 20.2. The lowest BCUT2D eigenvalue weighted by Crippen LogP contribution is -2.36. The summed E-state index contributed by atoms with van der Waals surface area (Å²) in [6.07, 6.45) is 6.12. The fraction of sp³-hybridized carbons (Fsp3) is 0.462. The van der Waals surface area contributed by atoms with E-state index in [0.717, 1.165) is 31.2 Å². The minimum Gasteiger partial charge on any atom is -0.465 e. The number of thioether (sulfide) groups is 1. The Hall–Kier alpha value is -2.65. The largest absolute Gasteiger partial charge is 0.465 e. The number of ether oxygens (including phenoxy) is 1. The molecule has 0 spiro atoms. The highest BCUT2D eigenvalue weighted by Gasteiger charge is 2.24. The van der Waals surface area contributed by atoms with Crippen LogP contribution in [-0.2, 0) is 22.5 Å². The molecule has 0 unspecified atom stereocenters. The van der Waals surface area contributed by atoms with E-state index in [1.54, 1.807) is 11.5 Å². The van der Waals surface area contributed by atoms with E-state index >= 15 is 0 Å². The Morgan fingerprint density at radius 3 is 2.66 bits per heavy atom. The van der Waals surface area contributed by atoms with Gasteiger partial charge in [-0.3, -0.25) is 19.0 Å². The molecule has 186 valence electrons. The number of rotatable bonds is 9. The molecule has 7 nitrogen and oxygen atoms in total. The molecule has 0 radical (unpaired) electrons. The number of nitrogens with one attached hydrogen (secondary N) is 1. The van der Waals surface area contributed by atoms with Crippen molar-refractivity contribution in [3.8, 4) is 0 Å². The average Bonchev–Trinajstić information content (AvgIpc) is 3.20. The molecular weight excluding hydrogens is 482 g/mol. The first-order valence-electron chi connectivity index (χ1n) is 12.1. The Bertz CT molecular complexity index is 1250. The molecule has 1 aromatic carbocycles. The molecule has 3 aromatic rings. The van der Waals surface area contributed by atoms with Crippen molar-refractivity contribution in [3.05, 3.63) is 56.7 Å². The van der Waals surface area contributed by atoms with Crippen LogP contribution in [-0.4, -0.2) is 39.8 Å². The van der Waals surface area contributed by atoms with Gasteiger partial charge in [-0.05, 0) is 44.2 Å². The number of hydrogen-bond acceptors (Lipinski definition) is 7. The molecule has 4 rings (SSSR count). The van der Waals surface area contributed by atoms with Crippen LogP contribution in [0.3, 0.4) is 0 Å². The highest BCUT2D eigenvalue weighted by molar-refractivity contribution is 7.99. The van der Waals surface area contributed by atoms with Crippen molar-refractivity contribution in [3.63, 3.8) is 0 Å². The lowest BCUT2D eigenvalue weighted by Gasteiger charge is -2.22. The van der Waals surface area contributed by atoms with Gasteiger partial charge < -0.3 is 10.1 Å². The molecule has 0 atom stereocenters. The van der Waals surface area contributed by atoms with Gasteiger partial charge in [-0.1, -0.05) is 61.4 Å². The van der Waals surface area contributed by atoms with Gasteiger partial charge in [0, 0.05) is 12.6 Å². The number of aromatic nitrogens is 2. The van der Waals surface area contributed by atoms with Crippen LogP contribution in [0, 0.1) is 6.92 Å². The molecular formula is C26H31N3O4S2. The summed E-state index contributed by atoms with van der Waals surface area (Å²) in [5.41, 5.74) is 1.60. The summed E-state index contributed by atoms with van der Waals surface area (Å²) < 4.78 is 6.68. The molecule has 35 heavy (non-hydrogen) atoms. The van der Waals surface area contributed by atoms with Gasteiger partial charge in [0.1, 0.15) is 4.83 Å². The number of aryl methyl sites for hydroxylation is 2. The van der Waals surface area contributed by atoms with Crippen molar-refractivity contribution in [2.45, 2.75) is 70.1 Å². The number of amides is 1. The zero-order valence-corrected chi connectivity index (χ0v) is 21.8. The maximum absolute atomic E-state index is 13.7. The minimum absolute atomic E-state index is 0.0660.